The average molecular weight is 269 g/mol. The van der Waals surface area contributed by atoms with Crippen molar-refractivity contribution >= 4 is 22.4 Å². The Kier molecular flexibility index (Phi) is 4.19. The smallest absolute Gasteiger partial charge is 0.355 e. The molecule has 0 spiro atoms. The maximum Gasteiger partial charge on any atom is 0.355 e. The lowest BCUT2D eigenvalue weighted by molar-refractivity contribution is 0.0691. The molecule has 0 saturated carbocycles. The van der Waals surface area contributed by atoms with Crippen molar-refractivity contribution in [1.29, 1.82) is 0 Å². The van der Waals surface area contributed by atoms with Crippen molar-refractivity contribution < 1.29 is 9.90 Å². The van der Waals surface area contributed by atoms with E-state index in [1.165, 1.54) is 11.3 Å². The number of anilines is 1. The number of hydrogen-bond acceptors (Lipinski definition) is 5. The minimum Gasteiger partial charge on any atom is -0.476 e. The predicted octanol–water partition coefficient (Wildman–Crippen LogP) is 1.76. The summed E-state index contributed by atoms with van der Waals surface area (Å²) in [5, 5.41) is 11.3. The molecular formula is C12H19N3O2S. The highest BCUT2D eigenvalue weighted by Crippen LogP contribution is 2.25. The van der Waals surface area contributed by atoms with Crippen LogP contribution in [0.25, 0.3) is 0 Å². The summed E-state index contributed by atoms with van der Waals surface area (Å²) in [6.07, 6.45) is 2.23. The van der Waals surface area contributed by atoms with Crippen LogP contribution in [0.15, 0.2) is 5.38 Å². The van der Waals surface area contributed by atoms with Gasteiger partial charge in [0.25, 0.3) is 0 Å². The van der Waals surface area contributed by atoms with Crippen LogP contribution < -0.4 is 4.90 Å². The van der Waals surface area contributed by atoms with Crippen LogP contribution in [-0.4, -0.2) is 53.7 Å². The molecule has 2 heterocycles. The van der Waals surface area contributed by atoms with E-state index in [0.717, 1.165) is 37.6 Å². The average Bonchev–Trinajstić information content (AvgIpc) is 2.88. The minimum atomic E-state index is -0.952. The van der Waals surface area contributed by atoms with Crippen molar-refractivity contribution in [3.8, 4) is 0 Å². The SMILES string of the molecule is CCN1CCC(N(C)c2nc(C(=O)O)cs2)CC1. The van der Waals surface area contributed by atoms with Gasteiger partial charge in [0.15, 0.2) is 10.8 Å². The van der Waals surface area contributed by atoms with Gasteiger partial charge in [-0.3, -0.25) is 0 Å². The van der Waals surface area contributed by atoms with Crippen molar-refractivity contribution in [3.63, 3.8) is 0 Å². The Morgan fingerprint density at radius 3 is 2.78 bits per heavy atom. The number of hydrogen-bond donors (Lipinski definition) is 1. The number of carboxylic acids is 1. The number of rotatable bonds is 4. The second kappa shape index (κ2) is 5.67. The Morgan fingerprint density at radius 1 is 1.61 bits per heavy atom. The van der Waals surface area contributed by atoms with E-state index in [2.05, 4.69) is 21.7 Å². The van der Waals surface area contributed by atoms with E-state index in [1.54, 1.807) is 5.38 Å². The fourth-order valence-electron chi connectivity index (χ4n) is 2.30. The van der Waals surface area contributed by atoms with Crippen molar-refractivity contribution in [1.82, 2.24) is 9.88 Å². The molecule has 0 bridgehead atoms. The maximum atomic E-state index is 10.8. The molecule has 0 atom stereocenters. The van der Waals surface area contributed by atoms with E-state index in [0.29, 0.717) is 6.04 Å². The molecule has 0 aliphatic carbocycles. The molecule has 100 valence electrons. The summed E-state index contributed by atoms with van der Waals surface area (Å²) in [5.74, 6) is -0.952. The van der Waals surface area contributed by atoms with E-state index in [9.17, 15) is 4.79 Å². The van der Waals surface area contributed by atoms with Gasteiger partial charge in [-0.2, -0.15) is 0 Å². The van der Waals surface area contributed by atoms with Gasteiger partial charge in [-0.05, 0) is 19.4 Å². The normalized spacial score (nSPS) is 17.9. The van der Waals surface area contributed by atoms with Gasteiger partial charge in [-0.15, -0.1) is 11.3 Å². The van der Waals surface area contributed by atoms with Gasteiger partial charge >= 0.3 is 5.97 Å². The van der Waals surface area contributed by atoms with Crippen LogP contribution in [0, 0.1) is 0 Å². The second-order valence-electron chi connectivity index (χ2n) is 4.60. The molecule has 0 radical (unpaired) electrons. The van der Waals surface area contributed by atoms with Crippen molar-refractivity contribution in [2.75, 3.05) is 31.6 Å². The van der Waals surface area contributed by atoms with Gasteiger partial charge in [0.05, 0.1) is 0 Å². The molecule has 0 amide bonds. The van der Waals surface area contributed by atoms with Crippen LogP contribution in [0.1, 0.15) is 30.3 Å². The number of carboxylic acid groups (broad SMARTS) is 1. The molecule has 1 aromatic heterocycles. The summed E-state index contributed by atoms with van der Waals surface area (Å²) in [4.78, 5) is 19.5. The van der Waals surface area contributed by atoms with Gasteiger partial charge in [-0.25, -0.2) is 9.78 Å². The largest absolute Gasteiger partial charge is 0.476 e. The Bertz CT molecular complexity index is 413. The van der Waals surface area contributed by atoms with Crippen LogP contribution in [0.3, 0.4) is 0 Å². The van der Waals surface area contributed by atoms with Gasteiger partial charge in [-0.1, -0.05) is 6.92 Å². The van der Waals surface area contributed by atoms with Crippen LogP contribution in [0.4, 0.5) is 5.13 Å². The molecular weight excluding hydrogens is 250 g/mol. The summed E-state index contributed by atoms with van der Waals surface area (Å²) in [6.45, 7) is 5.52. The highest BCUT2D eigenvalue weighted by Gasteiger charge is 2.23. The van der Waals surface area contributed by atoms with Crippen molar-refractivity contribution in [2.24, 2.45) is 0 Å². The van der Waals surface area contributed by atoms with Gasteiger partial charge in [0, 0.05) is 31.6 Å². The van der Waals surface area contributed by atoms with Crippen LogP contribution in [-0.2, 0) is 0 Å². The molecule has 0 aromatic carbocycles. The van der Waals surface area contributed by atoms with E-state index in [-0.39, 0.29) is 5.69 Å². The lowest BCUT2D eigenvalue weighted by Gasteiger charge is -2.36. The topological polar surface area (TPSA) is 56.7 Å². The molecule has 1 fully saturated rings. The third-order valence-electron chi connectivity index (χ3n) is 3.56. The van der Waals surface area contributed by atoms with Crippen LogP contribution >= 0.6 is 11.3 Å². The number of aromatic nitrogens is 1. The van der Waals surface area contributed by atoms with Crippen molar-refractivity contribution in [2.45, 2.75) is 25.8 Å². The second-order valence-corrected chi connectivity index (χ2v) is 5.43. The number of nitrogens with zero attached hydrogens (tertiary/aromatic N) is 3. The molecule has 2 rings (SSSR count). The summed E-state index contributed by atoms with van der Waals surface area (Å²) < 4.78 is 0. The standard InChI is InChI=1S/C12H19N3O2S/c1-3-15-6-4-9(5-7-15)14(2)12-13-10(8-18-12)11(16)17/h8-9H,3-7H2,1-2H3,(H,16,17). The van der Waals surface area contributed by atoms with Crippen molar-refractivity contribution in [3.05, 3.63) is 11.1 Å². The monoisotopic (exact) mass is 269 g/mol. The first-order valence-corrected chi connectivity index (χ1v) is 7.13. The van der Waals surface area contributed by atoms with E-state index >= 15 is 0 Å². The molecule has 18 heavy (non-hydrogen) atoms. The third kappa shape index (κ3) is 2.81. The lowest BCUT2D eigenvalue weighted by atomic mass is 10.0. The fraction of sp³-hybridized carbons (Fsp3) is 0.667. The fourth-order valence-corrected chi connectivity index (χ4v) is 3.14. The number of piperidine rings is 1. The first-order valence-electron chi connectivity index (χ1n) is 6.25. The van der Waals surface area contributed by atoms with Gasteiger partial charge in [0.2, 0.25) is 0 Å². The maximum absolute atomic E-state index is 10.8. The molecule has 6 heteroatoms. The summed E-state index contributed by atoms with van der Waals surface area (Å²) in [5.41, 5.74) is 0.146. The first-order chi connectivity index (χ1) is 8.61. The lowest BCUT2D eigenvalue weighted by Crippen LogP contribution is -2.43. The first kappa shape index (κ1) is 13.3. The third-order valence-corrected chi connectivity index (χ3v) is 4.50. The molecule has 1 aliphatic heterocycles. The zero-order valence-electron chi connectivity index (χ0n) is 10.8. The summed E-state index contributed by atoms with van der Waals surface area (Å²) in [6, 6.07) is 0.473. The van der Waals surface area contributed by atoms with Crippen LogP contribution in [0.2, 0.25) is 0 Å². The summed E-state index contributed by atoms with van der Waals surface area (Å²) >= 11 is 1.41. The van der Waals surface area contributed by atoms with Crippen LogP contribution in [0.5, 0.6) is 0 Å². The quantitative estimate of drug-likeness (QED) is 0.902. The Hall–Kier alpha value is -1.14. The molecule has 1 aliphatic rings. The Labute approximate surface area is 111 Å². The summed E-state index contributed by atoms with van der Waals surface area (Å²) in [7, 11) is 2.01. The Morgan fingerprint density at radius 2 is 2.28 bits per heavy atom. The predicted molar refractivity (Wildman–Crippen MR) is 72.6 cm³/mol. The highest BCUT2D eigenvalue weighted by molar-refractivity contribution is 7.13. The number of likely N-dealkylation sites (tertiary alicyclic amines) is 1. The molecule has 1 aromatic rings. The van der Waals surface area contributed by atoms with E-state index in [1.807, 2.05) is 7.05 Å². The minimum absolute atomic E-state index is 0.146. The zero-order valence-corrected chi connectivity index (χ0v) is 11.6. The van der Waals surface area contributed by atoms with Gasteiger partial charge < -0.3 is 14.9 Å². The molecule has 5 nitrogen and oxygen atoms in total. The zero-order chi connectivity index (χ0) is 13.1. The molecule has 0 unspecified atom stereocenters. The van der Waals surface area contributed by atoms with E-state index < -0.39 is 5.97 Å². The van der Waals surface area contributed by atoms with Gasteiger partial charge in [0.1, 0.15) is 0 Å². The number of thiazole rings is 1. The Balaban J connectivity index is 1.98. The number of carbonyl (C=O) groups is 1. The molecule has 1 saturated heterocycles. The number of aromatic carboxylic acids is 1. The highest BCUT2D eigenvalue weighted by atomic mass is 32.1. The molecule has 1 N–H and O–H groups in total. The van der Waals surface area contributed by atoms with E-state index in [4.69, 9.17) is 5.11 Å².